The zero-order valence-corrected chi connectivity index (χ0v) is 31.0. The fourth-order valence-electron chi connectivity index (χ4n) is 6.12. The second-order valence-electron chi connectivity index (χ2n) is 13.4. The van der Waals surface area contributed by atoms with Crippen LogP contribution in [0.5, 0.6) is 5.88 Å². The number of fused-ring (bicyclic) bond motifs is 2. The quantitative estimate of drug-likeness (QED) is 0.0996. The lowest BCUT2D eigenvalue weighted by Gasteiger charge is -2.40. The number of hydrogen-bond acceptors (Lipinski definition) is 8. The maximum atomic E-state index is 16.1. The third-order valence-corrected chi connectivity index (χ3v) is 9.26. The molecule has 0 spiro atoms. The molecular formula is C37H30BrF6N5O6. The Hall–Kier alpha value is -5.65. The Labute approximate surface area is 318 Å². The highest BCUT2D eigenvalue weighted by molar-refractivity contribution is 9.10. The number of alkyl halides is 3. The number of hydrogen-bond donors (Lipinski definition) is 0. The molecule has 3 aromatic carbocycles. The average Bonchev–Trinajstić information content (AvgIpc) is 3.35. The Bertz CT molecular complexity index is 2210. The normalized spacial score (nSPS) is 14.3. The largest absolute Gasteiger partial charge is 0.481 e. The molecule has 0 aliphatic carbocycles. The molecule has 0 atom stereocenters. The van der Waals surface area contributed by atoms with E-state index >= 15 is 13.2 Å². The minimum absolute atomic E-state index is 0.0470. The maximum Gasteiger partial charge on any atom is 0.419 e. The van der Waals surface area contributed by atoms with Crippen molar-refractivity contribution in [1.82, 2.24) is 14.8 Å². The number of methoxy groups -OCH3 is 1. The van der Waals surface area contributed by atoms with Crippen molar-refractivity contribution in [2.75, 3.05) is 36.7 Å². The van der Waals surface area contributed by atoms with Gasteiger partial charge in [0.1, 0.15) is 22.7 Å². The van der Waals surface area contributed by atoms with E-state index in [1.807, 2.05) is 0 Å². The van der Waals surface area contributed by atoms with E-state index in [4.69, 9.17) is 9.47 Å². The number of imide groups is 1. The predicted molar refractivity (Wildman–Crippen MR) is 189 cm³/mol. The molecule has 2 aliphatic heterocycles. The molecular weight excluding hydrogens is 804 g/mol. The number of amides is 4. The summed E-state index contributed by atoms with van der Waals surface area (Å²) in [7, 11) is 1.34. The van der Waals surface area contributed by atoms with Crippen molar-refractivity contribution in [1.29, 1.82) is 0 Å². The molecule has 3 heterocycles. The number of carbonyl (C=O) groups excluding carboxylic acids is 4. The smallest absolute Gasteiger partial charge is 0.419 e. The van der Waals surface area contributed by atoms with Crippen molar-refractivity contribution in [3.05, 3.63) is 111 Å². The highest BCUT2D eigenvalue weighted by Crippen LogP contribution is 2.44. The summed E-state index contributed by atoms with van der Waals surface area (Å²) in [6.07, 6.45) is -6.29. The van der Waals surface area contributed by atoms with Gasteiger partial charge in [-0.15, -0.1) is 0 Å². The molecule has 0 fully saturated rings. The molecule has 288 valence electrons. The summed E-state index contributed by atoms with van der Waals surface area (Å²) in [5, 5.41) is 0. The van der Waals surface area contributed by atoms with Gasteiger partial charge in [0.2, 0.25) is 5.88 Å². The zero-order valence-electron chi connectivity index (χ0n) is 29.4. The number of pyridine rings is 1. The molecule has 0 N–H and O–H groups in total. The molecule has 6 rings (SSSR count). The summed E-state index contributed by atoms with van der Waals surface area (Å²) in [4.78, 5) is 61.7. The van der Waals surface area contributed by atoms with Crippen LogP contribution in [0.2, 0.25) is 0 Å². The summed E-state index contributed by atoms with van der Waals surface area (Å²) in [5.74, 6) is -6.79. The number of carbonyl (C=O) groups is 4. The number of nitrogens with zero attached hydrogens (tertiary/aromatic N) is 5. The van der Waals surface area contributed by atoms with E-state index in [0.29, 0.717) is 18.2 Å². The molecule has 2 aliphatic rings. The number of aromatic nitrogens is 1. The second-order valence-corrected chi connectivity index (χ2v) is 14.1. The first-order valence-electron chi connectivity index (χ1n) is 16.4. The molecule has 11 nitrogen and oxygen atoms in total. The van der Waals surface area contributed by atoms with Crippen LogP contribution >= 0.6 is 15.9 Å². The van der Waals surface area contributed by atoms with E-state index in [0.717, 1.165) is 25.7 Å². The Kier molecular flexibility index (Phi) is 10.3. The van der Waals surface area contributed by atoms with Gasteiger partial charge >= 0.3 is 12.3 Å². The van der Waals surface area contributed by atoms with Crippen molar-refractivity contribution in [3.63, 3.8) is 0 Å². The van der Waals surface area contributed by atoms with Gasteiger partial charge in [0.15, 0.2) is 11.6 Å². The summed E-state index contributed by atoms with van der Waals surface area (Å²) < 4.78 is 99.2. The van der Waals surface area contributed by atoms with Gasteiger partial charge in [-0.25, -0.2) is 22.9 Å². The highest BCUT2D eigenvalue weighted by Gasteiger charge is 2.41. The fraction of sp³-hybridized carbons (Fsp3) is 0.270. The lowest BCUT2D eigenvalue weighted by atomic mass is 10.0. The first-order valence-corrected chi connectivity index (χ1v) is 17.2. The first-order chi connectivity index (χ1) is 25.8. The van der Waals surface area contributed by atoms with Crippen molar-refractivity contribution >= 4 is 56.8 Å². The van der Waals surface area contributed by atoms with Crippen LogP contribution in [0.3, 0.4) is 0 Å². The topological polar surface area (TPSA) is 113 Å². The third-order valence-electron chi connectivity index (χ3n) is 8.68. The molecule has 0 bridgehead atoms. The number of ether oxygens (including phenoxy) is 2. The van der Waals surface area contributed by atoms with Gasteiger partial charge in [-0.1, -0.05) is 12.1 Å². The van der Waals surface area contributed by atoms with E-state index in [9.17, 15) is 32.3 Å². The van der Waals surface area contributed by atoms with Crippen LogP contribution in [0.25, 0.3) is 0 Å². The summed E-state index contributed by atoms with van der Waals surface area (Å²) in [6, 6.07) is 11.3. The van der Waals surface area contributed by atoms with Gasteiger partial charge in [0.05, 0.1) is 53.0 Å². The minimum atomic E-state index is -5.22. The zero-order chi connectivity index (χ0) is 40.1. The number of anilines is 3. The Morgan fingerprint density at radius 1 is 0.836 bits per heavy atom. The van der Waals surface area contributed by atoms with Crippen molar-refractivity contribution in [2.45, 2.75) is 39.1 Å². The summed E-state index contributed by atoms with van der Waals surface area (Å²) >= 11 is 3.24. The van der Waals surface area contributed by atoms with Crippen LogP contribution in [0.1, 0.15) is 63.0 Å². The van der Waals surface area contributed by atoms with E-state index in [2.05, 4.69) is 20.9 Å². The SMILES string of the molecule is COc1ccc(N2CN(c3ccc(F)c(F)c3CN(CCN3C(=O)c4ccccc4C3=O)C(=O)OC(C)(C)C)c3cc(C(F)(F)F)c(F)cc3C2=O)c(Br)n1. The number of halogens is 7. The van der Waals surface area contributed by atoms with Crippen LogP contribution in [0.15, 0.2) is 65.3 Å². The van der Waals surface area contributed by atoms with Crippen molar-refractivity contribution in [3.8, 4) is 5.88 Å². The van der Waals surface area contributed by atoms with Gasteiger partial charge in [-0.2, -0.15) is 13.2 Å². The maximum absolute atomic E-state index is 16.1. The van der Waals surface area contributed by atoms with Gasteiger partial charge in [0.25, 0.3) is 17.7 Å². The third kappa shape index (κ3) is 7.54. The lowest BCUT2D eigenvalue weighted by molar-refractivity contribution is -0.140. The molecule has 4 aromatic rings. The second kappa shape index (κ2) is 14.5. The van der Waals surface area contributed by atoms with E-state index < -0.39 is 102 Å². The molecule has 4 amide bonds. The molecule has 0 radical (unpaired) electrons. The van der Waals surface area contributed by atoms with Crippen LogP contribution in [0, 0.1) is 17.5 Å². The van der Waals surface area contributed by atoms with Crippen LogP contribution in [-0.2, 0) is 17.5 Å². The lowest BCUT2D eigenvalue weighted by Crippen LogP contribution is -2.46. The van der Waals surface area contributed by atoms with Crippen molar-refractivity contribution in [2.24, 2.45) is 0 Å². The van der Waals surface area contributed by atoms with Gasteiger partial charge < -0.3 is 19.3 Å². The molecule has 0 saturated carbocycles. The van der Waals surface area contributed by atoms with E-state index in [-0.39, 0.29) is 33.0 Å². The summed E-state index contributed by atoms with van der Waals surface area (Å²) in [6.45, 7) is 2.33. The predicted octanol–water partition coefficient (Wildman–Crippen LogP) is 8.08. The standard InChI is InChI=1S/C37H30BrF6N5O6/c1-36(2,3)55-35(53)46(13-14-47-32(50)19-7-5-6-8-20(19)33(47)51)17-22-26(10-9-24(39)30(22)41)48-18-49(27-11-12-29(54-4)45-31(27)38)34(52)21-15-25(40)23(16-28(21)48)37(42,43)44/h5-12,15-16H,13-14,17-18H2,1-4H3. The number of benzene rings is 3. The Morgan fingerprint density at radius 3 is 2.05 bits per heavy atom. The van der Waals surface area contributed by atoms with E-state index in [1.54, 1.807) is 32.9 Å². The molecule has 0 saturated heterocycles. The Morgan fingerprint density at radius 2 is 1.47 bits per heavy atom. The Balaban J connectivity index is 1.46. The van der Waals surface area contributed by atoms with Crippen LogP contribution in [-0.4, -0.2) is 71.1 Å². The highest BCUT2D eigenvalue weighted by atomic mass is 79.9. The van der Waals surface area contributed by atoms with Crippen LogP contribution < -0.4 is 14.5 Å². The molecule has 0 unspecified atom stereocenters. The average molecular weight is 835 g/mol. The van der Waals surface area contributed by atoms with E-state index in [1.165, 1.54) is 31.4 Å². The van der Waals surface area contributed by atoms with Gasteiger partial charge in [-0.05, 0) is 79.2 Å². The fourth-order valence-corrected chi connectivity index (χ4v) is 6.64. The van der Waals surface area contributed by atoms with Crippen LogP contribution in [0.4, 0.5) is 48.2 Å². The molecule has 1 aromatic heterocycles. The molecule has 18 heteroatoms. The van der Waals surface area contributed by atoms with Gasteiger partial charge in [0, 0.05) is 24.7 Å². The first kappa shape index (κ1) is 39.1. The monoisotopic (exact) mass is 833 g/mol. The number of rotatable bonds is 8. The van der Waals surface area contributed by atoms with Crippen molar-refractivity contribution < 1.29 is 55.0 Å². The molecule has 55 heavy (non-hydrogen) atoms. The van der Waals surface area contributed by atoms with Gasteiger partial charge in [-0.3, -0.25) is 24.2 Å². The summed E-state index contributed by atoms with van der Waals surface area (Å²) in [5.41, 5.74) is -4.50. The minimum Gasteiger partial charge on any atom is -0.481 e.